The number of fused-ring (bicyclic) bond motifs is 1. The molecule has 1 atom stereocenters. The number of amidine groups is 2. The van der Waals surface area contributed by atoms with E-state index in [0.29, 0.717) is 35.6 Å². The zero-order valence-electron chi connectivity index (χ0n) is 17.0. The third-order valence-corrected chi connectivity index (χ3v) is 5.95. The average molecular weight is 422 g/mol. The molecular weight excluding hydrogens is 398 g/mol. The van der Waals surface area contributed by atoms with Gasteiger partial charge in [0.15, 0.2) is 5.43 Å². The molecule has 1 aromatic heterocycles. The summed E-state index contributed by atoms with van der Waals surface area (Å²) in [5.74, 6) is 0.878. The number of aromatic nitrogens is 1. The largest absolute Gasteiger partial charge is 0.382 e. The van der Waals surface area contributed by atoms with Gasteiger partial charge >= 0.3 is 0 Å². The van der Waals surface area contributed by atoms with Crippen LogP contribution >= 0.6 is 11.6 Å². The lowest BCUT2D eigenvalue weighted by Crippen LogP contribution is -2.41. The van der Waals surface area contributed by atoms with Gasteiger partial charge in [-0.1, -0.05) is 35.9 Å². The van der Waals surface area contributed by atoms with Crippen LogP contribution in [0.25, 0.3) is 10.9 Å². The predicted octanol–water partition coefficient (Wildman–Crippen LogP) is 3.31. The molecule has 7 heteroatoms. The molecule has 0 fully saturated rings. The highest BCUT2D eigenvalue weighted by atomic mass is 35.5. The van der Waals surface area contributed by atoms with Crippen LogP contribution in [0, 0.1) is 6.92 Å². The molecule has 2 heterocycles. The molecule has 0 bridgehead atoms. The van der Waals surface area contributed by atoms with E-state index < -0.39 is 0 Å². The van der Waals surface area contributed by atoms with Gasteiger partial charge in [-0.15, -0.1) is 0 Å². The van der Waals surface area contributed by atoms with E-state index in [2.05, 4.69) is 32.4 Å². The third-order valence-electron chi connectivity index (χ3n) is 5.53. The first-order valence-electron chi connectivity index (χ1n) is 9.90. The zero-order valence-corrected chi connectivity index (χ0v) is 17.8. The van der Waals surface area contributed by atoms with Gasteiger partial charge in [0.25, 0.3) is 0 Å². The van der Waals surface area contributed by atoms with Gasteiger partial charge in [0.05, 0.1) is 18.8 Å². The topological polar surface area (TPSA) is 95.6 Å². The Labute approximate surface area is 180 Å². The van der Waals surface area contributed by atoms with Gasteiger partial charge in [-0.05, 0) is 49.6 Å². The smallest absolute Gasteiger partial charge is 0.193 e. The maximum Gasteiger partial charge on any atom is 0.193 e. The van der Waals surface area contributed by atoms with Crippen molar-refractivity contribution in [3.05, 3.63) is 80.2 Å². The van der Waals surface area contributed by atoms with Crippen LogP contribution in [0.5, 0.6) is 0 Å². The van der Waals surface area contributed by atoms with Gasteiger partial charge in [-0.25, -0.2) is 4.99 Å². The minimum absolute atomic E-state index is 0.0448. The molecule has 1 aliphatic carbocycles. The van der Waals surface area contributed by atoms with Gasteiger partial charge in [-0.2, -0.15) is 0 Å². The Morgan fingerprint density at radius 1 is 1.27 bits per heavy atom. The van der Waals surface area contributed by atoms with Crippen LogP contribution in [0.2, 0.25) is 0 Å². The molecule has 2 aromatic rings. The van der Waals surface area contributed by atoms with E-state index in [-0.39, 0.29) is 17.3 Å². The Balaban J connectivity index is 1.56. The molecule has 1 unspecified atom stereocenters. The Morgan fingerprint density at radius 2 is 2.07 bits per heavy atom. The second kappa shape index (κ2) is 8.42. The van der Waals surface area contributed by atoms with Crippen molar-refractivity contribution in [1.29, 1.82) is 0 Å². The zero-order chi connectivity index (χ0) is 21.3. The molecule has 0 amide bonds. The van der Waals surface area contributed by atoms with Crippen molar-refractivity contribution >= 4 is 34.2 Å². The van der Waals surface area contributed by atoms with Crippen molar-refractivity contribution in [1.82, 2.24) is 10.3 Å². The fourth-order valence-electron chi connectivity index (χ4n) is 3.65. The SMILES string of the molecule is CC1=CCC(C2CN=C(N=C(N)c3[nH]c4ccccc4c(=O)c3C)CN2)=CC=C1Cl. The Bertz CT molecular complexity index is 1220. The number of nitrogens with two attached hydrogens (primary N) is 1. The number of benzene rings is 1. The number of nitrogens with one attached hydrogen (secondary N) is 2. The summed E-state index contributed by atoms with van der Waals surface area (Å²) in [6.07, 6.45) is 6.97. The van der Waals surface area contributed by atoms with Crippen LogP contribution in [-0.4, -0.2) is 35.8 Å². The molecule has 4 rings (SSSR count). The predicted molar refractivity (Wildman–Crippen MR) is 125 cm³/mol. The number of rotatable bonds is 2. The van der Waals surface area contributed by atoms with Crippen LogP contribution < -0.4 is 16.5 Å². The van der Waals surface area contributed by atoms with Crippen molar-refractivity contribution < 1.29 is 0 Å². The van der Waals surface area contributed by atoms with Gasteiger partial charge in [-0.3, -0.25) is 9.79 Å². The highest BCUT2D eigenvalue weighted by Gasteiger charge is 2.20. The van der Waals surface area contributed by atoms with Crippen LogP contribution in [-0.2, 0) is 0 Å². The molecule has 30 heavy (non-hydrogen) atoms. The van der Waals surface area contributed by atoms with Crippen molar-refractivity contribution in [3.63, 3.8) is 0 Å². The number of aliphatic imine (C=N–C) groups is 2. The van der Waals surface area contributed by atoms with Crippen LogP contribution in [0.15, 0.2) is 73.5 Å². The molecule has 4 N–H and O–H groups in total. The molecule has 2 aliphatic rings. The molecule has 0 radical (unpaired) electrons. The minimum atomic E-state index is -0.0448. The lowest BCUT2D eigenvalue weighted by atomic mass is 10.0. The number of hydrogen-bond acceptors (Lipinski definition) is 4. The summed E-state index contributed by atoms with van der Waals surface area (Å²) in [7, 11) is 0. The maximum atomic E-state index is 12.6. The Hall–Kier alpha value is -2.96. The van der Waals surface area contributed by atoms with Crippen molar-refractivity contribution in [2.24, 2.45) is 15.7 Å². The van der Waals surface area contributed by atoms with E-state index in [9.17, 15) is 4.79 Å². The van der Waals surface area contributed by atoms with Gasteiger partial charge in [0.2, 0.25) is 0 Å². The van der Waals surface area contributed by atoms with E-state index in [1.165, 1.54) is 5.57 Å². The first-order chi connectivity index (χ1) is 14.4. The first kappa shape index (κ1) is 20.3. The van der Waals surface area contributed by atoms with E-state index in [1.807, 2.05) is 31.2 Å². The van der Waals surface area contributed by atoms with Crippen molar-refractivity contribution in [2.75, 3.05) is 13.1 Å². The Kier molecular flexibility index (Phi) is 5.70. The molecule has 1 aromatic carbocycles. The standard InChI is InChI=1S/C23H24ClN5O/c1-13-7-8-15(9-10-17(13)24)19-11-27-20(12-26-19)29-23(25)21-14(2)22(30)16-5-3-4-6-18(16)28-21/h3-7,9-10,19,26H,8,11-12H2,1-2H3,(H,28,30)(H2,25,27,29). The number of allylic oxidation sites excluding steroid dienone is 5. The number of hydrogen-bond donors (Lipinski definition) is 3. The van der Waals surface area contributed by atoms with E-state index in [4.69, 9.17) is 17.3 Å². The fourth-order valence-corrected chi connectivity index (χ4v) is 3.79. The minimum Gasteiger partial charge on any atom is -0.382 e. The molecule has 154 valence electrons. The summed E-state index contributed by atoms with van der Waals surface area (Å²) in [5, 5.41) is 4.88. The van der Waals surface area contributed by atoms with Crippen molar-refractivity contribution in [3.8, 4) is 0 Å². The van der Waals surface area contributed by atoms with Crippen LogP contribution in [0.1, 0.15) is 24.6 Å². The van der Waals surface area contributed by atoms with E-state index in [0.717, 1.165) is 22.5 Å². The number of para-hydroxylation sites is 1. The molecule has 0 saturated heterocycles. The summed E-state index contributed by atoms with van der Waals surface area (Å²) in [6, 6.07) is 7.51. The summed E-state index contributed by atoms with van der Waals surface area (Å²) >= 11 is 6.22. The third kappa shape index (κ3) is 4.01. The fraction of sp³-hybridized carbons (Fsp3) is 0.261. The molecular formula is C23H24ClN5O. The van der Waals surface area contributed by atoms with E-state index >= 15 is 0 Å². The highest BCUT2D eigenvalue weighted by Crippen LogP contribution is 2.23. The maximum absolute atomic E-state index is 12.6. The molecule has 0 saturated carbocycles. The number of aromatic amines is 1. The first-order valence-corrected chi connectivity index (χ1v) is 10.3. The number of nitrogens with zero attached hydrogens (tertiary/aromatic N) is 2. The van der Waals surface area contributed by atoms with Crippen LogP contribution in [0.3, 0.4) is 0 Å². The summed E-state index contributed by atoms with van der Waals surface area (Å²) in [6.45, 7) is 4.84. The molecule has 6 nitrogen and oxygen atoms in total. The normalized spacial score (nSPS) is 20.2. The number of H-pyrrole nitrogens is 1. The molecule has 1 aliphatic heterocycles. The van der Waals surface area contributed by atoms with Gasteiger partial charge < -0.3 is 16.0 Å². The second-order valence-electron chi connectivity index (χ2n) is 7.53. The summed E-state index contributed by atoms with van der Waals surface area (Å²) in [4.78, 5) is 25.0. The highest BCUT2D eigenvalue weighted by molar-refractivity contribution is 6.32. The lowest BCUT2D eigenvalue weighted by Gasteiger charge is -2.23. The van der Waals surface area contributed by atoms with Gasteiger partial charge in [0, 0.05) is 27.5 Å². The monoisotopic (exact) mass is 421 g/mol. The molecule has 0 spiro atoms. The quantitative estimate of drug-likeness (QED) is 0.512. The number of pyridine rings is 1. The Morgan fingerprint density at radius 3 is 2.83 bits per heavy atom. The second-order valence-corrected chi connectivity index (χ2v) is 7.94. The van der Waals surface area contributed by atoms with Crippen molar-refractivity contribution in [2.45, 2.75) is 26.3 Å². The van der Waals surface area contributed by atoms with Gasteiger partial charge in [0.1, 0.15) is 11.7 Å². The average Bonchev–Trinajstić information content (AvgIpc) is 2.92. The summed E-state index contributed by atoms with van der Waals surface area (Å²) in [5.41, 5.74) is 10.3. The number of halogens is 1. The lowest BCUT2D eigenvalue weighted by molar-refractivity contribution is 0.591. The summed E-state index contributed by atoms with van der Waals surface area (Å²) < 4.78 is 0. The van der Waals surface area contributed by atoms with Crippen LogP contribution in [0.4, 0.5) is 0 Å². The van der Waals surface area contributed by atoms with E-state index in [1.54, 1.807) is 13.0 Å².